The average Bonchev–Trinajstić information content (AvgIpc) is 2.70. The molecule has 0 radical (unpaired) electrons. The number of hydrogen-bond donors (Lipinski definition) is 1. The molecule has 0 heterocycles. The normalized spacial score (nSPS) is 10.9. The minimum Gasteiger partial charge on any atom is -0.481 e. The molecule has 0 aromatic rings. The van der Waals surface area contributed by atoms with Gasteiger partial charge in [0.15, 0.2) is 0 Å². The number of unbranched alkanes of at least 4 members (excludes halogenated alkanes) is 15. The highest BCUT2D eigenvalue weighted by atomic mass is 16.5. The Balaban J connectivity index is 0. The average molecular weight is 413 g/mol. The number of rotatable bonds is 21. The van der Waals surface area contributed by atoms with Crippen molar-refractivity contribution in [2.45, 2.75) is 136 Å². The summed E-state index contributed by atoms with van der Waals surface area (Å²) < 4.78 is 4.83. The second-order valence-corrected chi connectivity index (χ2v) is 7.92. The molecule has 0 fully saturated rings. The molecule has 3 heteroatoms. The van der Waals surface area contributed by atoms with Crippen molar-refractivity contribution >= 4 is 5.97 Å². The first-order valence-electron chi connectivity index (χ1n) is 12.6. The molecular formula is C26H52O3. The highest BCUT2D eigenvalue weighted by Gasteiger charge is 1.96. The van der Waals surface area contributed by atoms with Crippen LogP contribution in [-0.4, -0.2) is 24.3 Å². The molecule has 0 amide bonds. The van der Waals surface area contributed by atoms with Gasteiger partial charge in [0.2, 0.25) is 0 Å². The molecule has 0 aliphatic carbocycles. The van der Waals surface area contributed by atoms with Gasteiger partial charge in [-0.2, -0.15) is 0 Å². The van der Waals surface area contributed by atoms with E-state index in [4.69, 9.17) is 9.84 Å². The van der Waals surface area contributed by atoms with Gasteiger partial charge >= 0.3 is 5.97 Å². The second-order valence-electron chi connectivity index (χ2n) is 7.92. The Morgan fingerprint density at radius 1 is 0.621 bits per heavy atom. The lowest BCUT2D eigenvalue weighted by atomic mass is 10.1. The van der Waals surface area contributed by atoms with E-state index in [1.165, 1.54) is 96.3 Å². The number of carboxylic acid groups (broad SMARTS) is 1. The summed E-state index contributed by atoms with van der Waals surface area (Å²) in [5.74, 6) is -0.656. The van der Waals surface area contributed by atoms with E-state index in [0.29, 0.717) is 6.42 Å². The predicted molar refractivity (Wildman–Crippen MR) is 128 cm³/mol. The molecule has 0 saturated carbocycles. The summed E-state index contributed by atoms with van der Waals surface area (Å²) in [6.45, 7) is 7.94. The number of allylic oxidation sites excluding steroid dienone is 2. The topological polar surface area (TPSA) is 46.5 Å². The highest BCUT2D eigenvalue weighted by Crippen LogP contribution is 2.12. The van der Waals surface area contributed by atoms with E-state index in [2.05, 4.69) is 19.1 Å². The minimum atomic E-state index is -0.656. The second kappa shape index (κ2) is 29.4. The largest absolute Gasteiger partial charge is 0.481 e. The fourth-order valence-corrected chi connectivity index (χ4v) is 3.26. The zero-order chi connectivity index (χ0) is 21.8. The van der Waals surface area contributed by atoms with Gasteiger partial charge in [-0.25, -0.2) is 0 Å². The summed E-state index contributed by atoms with van der Waals surface area (Å²) in [6, 6.07) is 0. The predicted octanol–water partition coefficient (Wildman–Crippen LogP) is 8.71. The Bertz CT molecular complexity index is 324. The molecule has 0 spiro atoms. The molecule has 0 atom stereocenters. The van der Waals surface area contributed by atoms with Crippen LogP contribution >= 0.6 is 0 Å². The van der Waals surface area contributed by atoms with E-state index >= 15 is 0 Å². The minimum absolute atomic E-state index is 0.340. The molecule has 0 aromatic heterocycles. The Labute approximate surface area is 182 Å². The first-order valence-corrected chi connectivity index (χ1v) is 12.6. The molecule has 0 bridgehead atoms. The van der Waals surface area contributed by atoms with Gasteiger partial charge < -0.3 is 9.84 Å². The fraction of sp³-hybridized carbons (Fsp3) is 0.885. The molecule has 1 N–H and O–H groups in total. The standard InChI is InChI=1S/C22H42O2.C4H10O/c1-2-3-4-5-6-7-8-9-10-11-12-13-14-15-16-17-18-19-20-21-22(23)24;1-3-5-4-2/h9-10H,2-8,11-21H2,1H3,(H,23,24);3-4H2,1-2H3/b10-9-;. The van der Waals surface area contributed by atoms with Gasteiger partial charge in [0.05, 0.1) is 0 Å². The van der Waals surface area contributed by atoms with Gasteiger partial charge in [0.1, 0.15) is 0 Å². The monoisotopic (exact) mass is 412 g/mol. The first-order chi connectivity index (χ1) is 14.2. The van der Waals surface area contributed by atoms with Crippen molar-refractivity contribution in [1.82, 2.24) is 0 Å². The molecule has 0 aliphatic heterocycles. The maximum atomic E-state index is 10.4. The molecule has 3 nitrogen and oxygen atoms in total. The van der Waals surface area contributed by atoms with Crippen LogP contribution in [0.3, 0.4) is 0 Å². The van der Waals surface area contributed by atoms with Crippen molar-refractivity contribution in [1.29, 1.82) is 0 Å². The van der Waals surface area contributed by atoms with Crippen molar-refractivity contribution in [2.24, 2.45) is 0 Å². The highest BCUT2D eigenvalue weighted by molar-refractivity contribution is 5.66. The molecule has 29 heavy (non-hydrogen) atoms. The smallest absolute Gasteiger partial charge is 0.303 e. The zero-order valence-electron chi connectivity index (χ0n) is 20.1. The first kappa shape index (κ1) is 30.4. The van der Waals surface area contributed by atoms with Gasteiger partial charge in [-0.1, -0.05) is 96.1 Å². The summed E-state index contributed by atoms with van der Waals surface area (Å²) in [7, 11) is 0. The summed E-state index contributed by atoms with van der Waals surface area (Å²) in [5.41, 5.74) is 0. The van der Waals surface area contributed by atoms with Crippen molar-refractivity contribution < 1.29 is 14.6 Å². The summed E-state index contributed by atoms with van der Waals surface area (Å²) in [6.07, 6.45) is 27.1. The molecule has 0 aromatic carbocycles. The molecule has 174 valence electrons. The molecule has 0 rings (SSSR count). The van der Waals surface area contributed by atoms with Gasteiger partial charge in [-0.3, -0.25) is 4.79 Å². The van der Waals surface area contributed by atoms with Crippen LogP contribution in [0.2, 0.25) is 0 Å². The third-order valence-corrected chi connectivity index (χ3v) is 5.06. The van der Waals surface area contributed by atoms with Gasteiger partial charge in [-0.05, 0) is 46.0 Å². The van der Waals surface area contributed by atoms with Crippen LogP contribution in [0.15, 0.2) is 12.2 Å². The van der Waals surface area contributed by atoms with Crippen molar-refractivity contribution in [3.8, 4) is 0 Å². The number of carboxylic acids is 1. The number of ether oxygens (including phenoxy) is 1. The Morgan fingerprint density at radius 3 is 1.34 bits per heavy atom. The lowest BCUT2D eigenvalue weighted by molar-refractivity contribution is -0.137. The van der Waals surface area contributed by atoms with Gasteiger partial charge in [0, 0.05) is 19.6 Å². The lowest BCUT2D eigenvalue weighted by Gasteiger charge is -2.01. The quantitative estimate of drug-likeness (QED) is 0.151. The van der Waals surface area contributed by atoms with Crippen LogP contribution in [0.25, 0.3) is 0 Å². The van der Waals surface area contributed by atoms with Crippen LogP contribution in [0.4, 0.5) is 0 Å². The SMILES string of the molecule is CCCCCCCC/C=C\CCCCCCCCCCCC(=O)O.CCOCC. The van der Waals surface area contributed by atoms with Crippen LogP contribution in [0.1, 0.15) is 136 Å². The Kier molecular flexibility index (Phi) is 30.8. The molecule has 0 saturated heterocycles. The van der Waals surface area contributed by atoms with Crippen molar-refractivity contribution in [2.75, 3.05) is 13.2 Å². The van der Waals surface area contributed by atoms with Crippen molar-refractivity contribution in [3.05, 3.63) is 12.2 Å². The van der Waals surface area contributed by atoms with Gasteiger partial charge in [0.25, 0.3) is 0 Å². The number of aliphatic carboxylic acids is 1. The van der Waals surface area contributed by atoms with Crippen LogP contribution < -0.4 is 0 Å². The number of hydrogen-bond acceptors (Lipinski definition) is 2. The van der Waals surface area contributed by atoms with E-state index in [0.717, 1.165) is 26.1 Å². The number of carbonyl (C=O) groups is 1. The van der Waals surface area contributed by atoms with Crippen LogP contribution in [0, 0.1) is 0 Å². The Hall–Kier alpha value is -0.830. The van der Waals surface area contributed by atoms with E-state index in [1.807, 2.05) is 13.8 Å². The maximum Gasteiger partial charge on any atom is 0.303 e. The Morgan fingerprint density at radius 2 is 1.00 bits per heavy atom. The maximum absolute atomic E-state index is 10.4. The summed E-state index contributed by atoms with van der Waals surface area (Å²) in [4.78, 5) is 10.4. The van der Waals surface area contributed by atoms with E-state index in [9.17, 15) is 4.79 Å². The van der Waals surface area contributed by atoms with Crippen LogP contribution in [0.5, 0.6) is 0 Å². The molecule has 0 aliphatic rings. The van der Waals surface area contributed by atoms with E-state index < -0.39 is 5.97 Å². The van der Waals surface area contributed by atoms with E-state index in [-0.39, 0.29) is 0 Å². The summed E-state index contributed by atoms with van der Waals surface area (Å²) >= 11 is 0. The third kappa shape index (κ3) is 35.0. The lowest BCUT2D eigenvalue weighted by Crippen LogP contribution is -1.93. The fourth-order valence-electron chi connectivity index (χ4n) is 3.26. The van der Waals surface area contributed by atoms with Crippen molar-refractivity contribution in [3.63, 3.8) is 0 Å². The van der Waals surface area contributed by atoms with Crippen LogP contribution in [-0.2, 0) is 9.53 Å². The third-order valence-electron chi connectivity index (χ3n) is 5.06. The summed E-state index contributed by atoms with van der Waals surface area (Å²) in [5, 5.41) is 8.55. The molecular weight excluding hydrogens is 360 g/mol. The zero-order valence-corrected chi connectivity index (χ0v) is 20.1. The van der Waals surface area contributed by atoms with E-state index in [1.54, 1.807) is 0 Å². The van der Waals surface area contributed by atoms with Gasteiger partial charge in [-0.15, -0.1) is 0 Å². The molecule has 0 unspecified atom stereocenters.